The van der Waals surface area contributed by atoms with Gasteiger partial charge in [-0.2, -0.15) is 5.11 Å². The minimum Gasteiger partial charge on any atom is -0.378 e. The largest absolute Gasteiger partial charge is 0.378 e. The molecule has 0 N–H and O–H groups in total. The van der Waals surface area contributed by atoms with Crippen molar-refractivity contribution in [1.82, 2.24) is 4.98 Å². The van der Waals surface area contributed by atoms with Crippen LogP contribution >= 0.6 is 0 Å². The lowest BCUT2D eigenvalue weighted by Crippen LogP contribution is -2.08. The van der Waals surface area contributed by atoms with Crippen molar-refractivity contribution in [3.05, 3.63) is 90.1 Å². The van der Waals surface area contributed by atoms with Crippen molar-refractivity contribution in [3.8, 4) is 0 Å². The molecule has 4 nitrogen and oxygen atoms in total. The van der Waals surface area contributed by atoms with E-state index in [1.807, 2.05) is 67.5 Å². The Bertz CT molecular complexity index is 759. The number of nitrogens with zero attached hydrogens (tertiary/aromatic N) is 4. The van der Waals surface area contributed by atoms with Gasteiger partial charge in [0.2, 0.25) is 0 Å². The van der Waals surface area contributed by atoms with Gasteiger partial charge in [0.1, 0.15) is 6.04 Å². The minimum atomic E-state index is -0.141. The third kappa shape index (κ3) is 3.84. The number of anilines is 1. The molecule has 3 rings (SSSR count). The van der Waals surface area contributed by atoms with E-state index in [2.05, 4.69) is 39.5 Å². The highest BCUT2D eigenvalue weighted by molar-refractivity contribution is 5.50. The van der Waals surface area contributed by atoms with Gasteiger partial charge in [0.05, 0.1) is 0 Å². The monoisotopic (exact) mass is 316 g/mol. The van der Waals surface area contributed by atoms with Crippen molar-refractivity contribution in [3.63, 3.8) is 0 Å². The molecule has 0 radical (unpaired) electrons. The number of aromatic nitrogens is 1. The molecule has 3 aromatic rings. The van der Waals surface area contributed by atoms with E-state index in [1.54, 1.807) is 6.20 Å². The second-order valence-corrected chi connectivity index (χ2v) is 5.71. The Morgan fingerprint density at radius 1 is 0.833 bits per heavy atom. The Hall–Kier alpha value is -3.01. The fraction of sp³-hybridized carbons (Fsp3) is 0.150. The van der Waals surface area contributed by atoms with Crippen molar-refractivity contribution < 1.29 is 0 Å². The number of hydrogen-bond donors (Lipinski definition) is 0. The van der Waals surface area contributed by atoms with E-state index in [9.17, 15) is 0 Å². The third-order valence-corrected chi connectivity index (χ3v) is 3.75. The van der Waals surface area contributed by atoms with Crippen LogP contribution in [0.5, 0.6) is 0 Å². The molecule has 120 valence electrons. The summed E-state index contributed by atoms with van der Waals surface area (Å²) in [6.07, 6.45) is 1.75. The highest BCUT2D eigenvalue weighted by Gasteiger charge is 2.12. The first-order valence-electron chi connectivity index (χ1n) is 7.88. The molecule has 2 aromatic carbocycles. The highest BCUT2D eigenvalue weighted by Crippen LogP contribution is 2.28. The van der Waals surface area contributed by atoms with Crippen LogP contribution in [0.2, 0.25) is 0 Å². The first-order valence-corrected chi connectivity index (χ1v) is 7.88. The zero-order valence-corrected chi connectivity index (χ0v) is 13.9. The van der Waals surface area contributed by atoms with Crippen LogP contribution in [-0.4, -0.2) is 19.1 Å². The minimum absolute atomic E-state index is 0.141. The van der Waals surface area contributed by atoms with E-state index < -0.39 is 0 Å². The molecule has 1 heterocycles. The quantitative estimate of drug-likeness (QED) is 0.620. The van der Waals surface area contributed by atoms with Crippen LogP contribution in [0.4, 0.5) is 11.5 Å². The van der Waals surface area contributed by atoms with Crippen LogP contribution in [0, 0.1) is 0 Å². The zero-order valence-electron chi connectivity index (χ0n) is 13.9. The summed E-state index contributed by atoms with van der Waals surface area (Å²) < 4.78 is 0. The Kier molecular flexibility index (Phi) is 4.96. The van der Waals surface area contributed by atoms with Gasteiger partial charge in [-0.1, -0.05) is 60.7 Å². The predicted octanol–water partition coefficient (Wildman–Crippen LogP) is 5.02. The number of azo groups is 1. The van der Waals surface area contributed by atoms with Gasteiger partial charge >= 0.3 is 0 Å². The molecule has 0 unspecified atom stereocenters. The van der Waals surface area contributed by atoms with E-state index in [0.717, 1.165) is 16.8 Å². The van der Waals surface area contributed by atoms with Gasteiger partial charge in [0.15, 0.2) is 5.82 Å². The van der Waals surface area contributed by atoms with Crippen molar-refractivity contribution in [2.75, 3.05) is 19.0 Å². The maximum absolute atomic E-state index is 4.58. The first-order chi connectivity index (χ1) is 11.7. The molecule has 0 aliphatic rings. The SMILES string of the molecule is CN(C)c1ccnc(N=NC(c2ccccc2)c2ccccc2)c1. The summed E-state index contributed by atoms with van der Waals surface area (Å²) in [6.45, 7) is 0. The molecular weight excluding hydrogens is 296 g/mol. The lowest BCUT2D eigenvalue weighted by atomic mass is 10.00. The summed E-state index contributed by atoms with van der Waals surface area (Å²) in [5, 5.41) is 8.97. The van der Waals surface area contributed by atoms with Crippen LogP contribution in [0.25, 0.3) is 0 Å². The summed E-state index contributed by atoms with van der Waals surface area (Å²) in [6, 6.07) is 24.1. The second-order valence-electron chi connectivity index (χ2n) is 5.71. The number of benzene rings is 2. The predicted molar refractivity (Wildman–Crippen MR) is 97.8 cm³/mol. The zero-order chi connectivity index (χ0) is 16.8. The van der Waals surface area contributed by atoms with Gasteiger partial charge in [-0.3, -0.25) is 0 Å². The van der Waals surface area contributed by atoms with Gasteiger partial charge in [0, 0.05) is 32.0 Å². The normalized spacial score (nSPS) is 11.1. The number of pyridine rings is 1. The van der Waals surface area contributed by atoms with Crippen molar-refractivity contribution >= 4 is 11.5 Å². The molecule has 0 bridgehead atoms. The van der Waals surface area contributed by atoms with Crippen LogP contribution in [-0.2, 0) is 0 Å². The Labute approximate surface area is 142 Å². The maximum atomic E-state index is 4.58. The molecule has 0 amide bonds. The van der Waals surface area contributed by atoms with Gasteiger partial charge in [-0.15, -0.1) is 5.11 Å². The lowest BCUT2D eigenvalue weighted by Gasteiger charge is -2.13. The molecule has 0 spiro atoms. The average molecular weight is 316 g/mol. The van der Waals surface area contributed by atoms with Crippen molar-refractivity contribution in [2.45, 2.75) is 6.04 Å². The van der Waals surface area contributed by atoms with E-state index in [1.165, 1.54) is 0 Å². The smallest absolute Gasteiger partial charge is 0.176 e. The molecule has 0 aliphatic carbocycles. The van der Waals surface area contributed by atoms with E-state index in [0.29, 0.717) is 5.82 Å². The Morgan fingerprint density at radius 3 is 1.96 bits per heavy atom. The Morgan fingerprint density at radius 2 is 1.42 bits per heavy atom. The van der Waals surface area contributed by atoms with E-state index in [-0.39, 0.29) is 6.04 Å². The third-order valence-electron chi connectivity index (χ3n) is 3.75. The molecule has 0 atom stereocenters. The molecule has 0 aliphatic heterocycles. The fourth-order valence-electron chi connectivity index (χ4n) is 2.45. The molecular formula is C20H20N4. The maximum Gasteiger partial charge on any atom is 0.176 e. The van der Waals surface area contributed by atoms with Gasteiger partial charge < -0.3 is 4.90 Å². The molecule has 4 heteroatoms. The van der Waals surface area contributed by atoms with Gasteiger partial charge in [0.25, 0.3) is 0 Å². The number of rotatable bonds is 5. The van der Waals surface area contributed by atoms with Crippen molar-refractivity contribution in [1.29, 1.82) is 0 Å². The molecule has 0 saturated carbocycles. The fourth-order valence-corrected chi connectivity index (χ4v) is 2.45. The van der Waals surface area contributed by atoms with E-state index in [4.69, 9.17) is 0 Å². The lowest BCUT2D eigenvalue weighted by molar-refractivity contribution is 0.804. The first kappa shape index (κ1) is 15.9. The molecule has 1 aromatic heterocycles. The summed E-state index contributed by atoms with van der Waals surface area (Å²) in [5.41, 5.74) is 3.27. The van der Waals surface area contributed by atoms with Crippen LogP contribution in [0.3, 0.4) is 0 Å². The van der Waals surface area contributed by atoms with Crippen LogP contribution in [0.1, 0.15) is 17.2 Å². The summed E-state index contributed by atoms with van der Waals surface area (Å²) in [4.78, 5) is 6.31. The molecule has 24 heavy (non-hydrogen) atoms. The average Bonchev–Trinajstić information content (AvgIpc) is 2.64. The Balaban J connectivity index is 1.94. The summed E-state index contributed by atoms with van der Waals surface area (Å²) >= 11 is 0. The number of hydrogen-bond acceptors (Lipinski definition) is 4. The molecule has 0 fully saturated rings. The standard InChI is InChI=1S/C20H20N4/c1-24(2)18-13-14-21-19(15-18)22-23-20(16-9-5-3-6-10-16)17-11-7-4-8-12-17/h3-15,20H,1-2H3. The summed E-state index contributed by atoms with van der Waals surface area (Å²) in [7, 11) is 3.99. The second kappa shape index (κ2) is 7.51. The van der Waals surface area contributed by atoms with Crippen molar-refractivity contribution in [2.24, 2.45) is 10.2 Å². The van der Waals surface area contributed by atoms with Crippen LogP contribution < -0.4 is 4.90 Å². The van der Waals surface area contributed by atoms with Crippen LogP contribution in [0.15, 0.2) is 89.2 Å². The highest BCUT2D eigenvalue weighted by atomic mass is 15.2. The van der Waals surface area contributed by atoms with Gasteiger partial charge in [-0.25, -0.2) is 4.98 Å². The topological polar surface area (TPSA) is 40.9 Å². The van der Waals surface area contributed by atoms with E-state index >= 15 is 0 Å². The molecule has 0 saturated heterocycles. The van der Waals surface area contributed by atoms with Gasteiger partial charge in [-0.05, 0) is 17.2 Å². The summed E-state index contributed by atoms with van der Waals surface area (Å²) in [5.74, 6) is 0.609.